The van der Waals surface area contributed by atoms with Crippen LogP contribution in [0.25, 0.3) is 5.82 Å². The number of carbonyl (C=O) groups is 1. The summed E-state index contributed by atoms with van der Waals surface area (Å²) in [4.78, 5) is 18.6. The Hall–Kier alpha value is -2.37. The lowest BCUT2D eigenvalue weighted by Crippen LogP contribution is -2.47. The lowest BCUT2D eigenvalue weighted by Gasteiger charge is -2.34. The molecular formula is C17H23N5O. The number of amides is 2. The second-order valence-electron chi connectivity index (χ2n) is 6.48. The lowest BCUT2D eigenvalue weighted by atomic mass is 9.92. The molecule has 0 aromatic carbocycles. The summed E-state index contributed by atoms with van der Waals surface area (Å²) in [7, 11) is 0. The van der Waals surface area contributed by atoms with E-state index in [1.807, 2.05) is 29.3 Å². The van der Waals surface area contributed by atoms with E-state index < -0.39 is 0 Å². The molecule has 2 atom stereocenters. The van der Waals surface area contributed by atoms with E-state index in [1.54, 1.807) is 17.1 Å². The van der Waals surface area contributed by atoms with E-state index >= 15 is 0 Å². The maximum Gasteiger partial charge on any atom is 0.317 e. The van der Waals surface area contributed by atoms with Crippen molar-refractivity contribution in [3.63, 3.8) is 0 Å². The Labute approximate surface area is 136 Å². The standard InChI is InChI=1S/C17H23N5O/c1-13-8-14(2)12-21(11-13)17(23)19-10-15-4-6-18-16(9-15)22-7-3-5-20-22/h3-7,9,13-14H,8,10-12H2,1-2H3,(H,19,23)/t13-,14-/m1/s1. The summed E-state index contributed by atoms with van der Waals surface area (Å²) in [6, 6.07) is 5.72. The topological polar surface area (TPSA) is 63.1 Å². The van der Waals surface area contributed by atoms with Crippen LogP contribution in [0.3, 0.4) is 0 Å². The lowest BCUT2D eigenvalue weighted by molar-refractivity contribution is 0.146. The third-order valence-corrected chi connectivity index (χ3v) is 4.15. The predicted octanol–water partition coefficient (Wildman–Crippen LogP) is 2.45. The van der Waals surface area contributed by atoms with Crippen molar-refractivity contribution < 1.29 is 4.79 Å². The number of hydrogen-bond donors (Lipinski definition) is 1. The van der Waals surface area contributed by atoms with Gasteiger partial charge in [0, 0.05) is 38.2 Å². The predicted molar refractivity (Wildman–Crippen MR) is 88.1 cm³/mol. The zero-order valence-electron chi connectivity index (χ0n) is 13.6. The molecule has 0 radical (unpaired) electrons. The number of carbonyl (C=O) groups excluding carboxylic acids is 1. The van der Waals surface area contributed by atoms with Crippen LogP contribution in [0, 0.1) is 11.8 Å². The first-order valence-electron chi connectivity index (χ1n) is 8.09. The largest absolute Gasteiger partial charge is 0.334 e. The molecule has 2 amide bonds. The fourth-order valence-corrected chi connectivity index (χ4v) is 3.22. The van der Waals surface area contributed by atoms with E-state index in [-0.39, 0.29) is 6.03 Å². The Kier molecular flexibility index (Phi) is 4.60. The fraction of sp³-hybridized carbons (Fsp3) is 0.471. The Morgan fingerprint density at radius 3 is 2.78 bits per heavy atom. The summed E-state index contributed by atoms with van der Waals surface area (Å²) in [5.74, 6) is 1.88. The Balaban J connectivity index is 1.60. The fourth-order valence-electron chi connectivity index (χ4n) is 3.22. The quantitative estimate of drug-likeness (QED) is 0.947. The van der Waals surface area contributed by atoms with Crippen LogP contribution in [0.15, 0.2) is 36.8 Å². The molecule has 0 unspecified atom stereocenters. The van der Waals surface area contributed by atoms with E-state index in [0.717, 1.165) is 24.5 Å². The molecule has 3 rings (SSSR count). The second-order valence-corrected chi connectivity index (χ2v) is 6.48. The Morgan fingerprint density at radius 2 is 2.09 bits per heavy atom. The summed E-state index contributed by atoms with van der Waals surface area (Å²) in [5, 5.41) is 7.18. The molecule has 0 saturated carbocycles. The molecule has 1 aliphatic heterocycles. The van der Waals surface area contributed by atoms with E-state index in [1.165, 1.54) is 6.42 Å². The molecule has 1 N–H and O–H groups in total. The number of likely N-dealkylation sites (tertiary alicyclic amines) is 1. The molecule has 6 heteroatoms. The molecule has 0 spiro atoms. The van der Waals surface area contributed by atoms with Gasteiger partial charge in [-0.25, -0.2) is 14.5 Å². The van der Waals surface area contributed by atoms with Gasteiger partial charge in [-0.05, 0) is 42.0 Å². The van der Waals surface area contributed by atoms with Crippen LogP contribution in [0.4, 0.5) is 4.79 Å². The molecule has 1 fully saturated rings. The van der Waals surface area contributed by atoms with Gasteiger partial charge >= 0.3 is 6.03 Å². The monoisotopic (exact) mass is 313 g/mol. The molecular weight excluding hydrogens is 290 g/mol. The van der Waals surface area contributed by atoms with E-state index in [0.29, 0.717) is 18.4 Å². The van der Waals surface area contributed by atoms with Gasteiger partial charge in [0.2, 0.25) is 0 Å². The number of nitrogens with one attached hydrogen (secondary N) is 1. The van der Waals surface area contributed by atoms with Crippen LogP contribution in [-0.4, -0.2) is 38.8 Å². The molecule has 0 bridgehead atoms. The number of rotatable bonds is 3. The maximum atomic E-state index is 12.4. The SMILES string of the molecule is C[C@@H]1C[C@@H](C)CN(C(=O)NCc2ccnc(-n3cccn3)c2)C1. The molecule has 23 heavy (non-hydrogen) atoms. The molecule has 1 saturated heterocycles. The summed E-state index contributed by atoms with van der Waals surface area (Å²) in [6.07, 6.45) is 6.50. The van der Waals surface area contributed by atoms with E-state index in [4.69, 9.17) is 0 Å². The third-order valence-electron chi connectivity index (χ3n) is 4.15. The number of aromatic nitrogens is 3. The first-order chi connectivity index (χ1) is 11.1. The van der Waals surface area contributed by atoms with Crippen molar-refractivity contribution in [2.75, 3.05) is 13.1 Å². The van der Waals surface area contributed by atoms with Gasteiger partial charge in [0.1, 0.15) is 0 Å². The van der Waals surface area contributed by atoms with Crippen LogP contribution < -0.4 is 5.32 Å². The van der Waals surface area contributed by atoms with Crippen LogP contribution in [-0.2, 0) is 6.54 Å². The molecule has 6 nitrogen and oxygen atoms in total. The maximum absolute atomic E-state index is 12.4. The number of hydrogen-bond acceptors (Lipinski definition) is 3. The zero-order valence-corrected chi connectivity index (χ0v) is 13.6. The summed E-state index contributed by atoms with van der Waals surface area (Å²) < 4.78 is 1.71. The molecule has 1 aliphatic rings. The number of nitrogens with zero attached hydrogens (tertiary/aromatic N) is 4. The smallest absolute Gasteiger partial charge is 0.317 e. The van der Waals surface area contributed by atoms with Gasteiger partial charge in [-0.3, -0.25) is 0 Å². The minimum absolute atomic E-state index is 0.0147. The van der Waals surface area contributed by atoms with Gasteiger partial charge in [-0.15, -0.1) is 0 Å². The molecule has 2 aromatic rings. The zero-order chi connectivity index (χ0) is 16.2. The van der Waals surface area contributed by atoms with Gasteiger partial charge in [0.15, 0.2) is 5.82 Å². The van der Waals surface area contributed by atoms with Crippen molar-refractivity contribution in [3.05, 3.63) is 42.4 Å². The van der Waals surface area contributed by atoms with Crippen LogP contribution in [0.2, 0.25) is 0 Å². The third kappa shape index (κ3) is 3.88. The summed E-state index contributed by atoms with van der Waals surface area (Å²) in [6.45, 7) is 6.58. The minimum Gasteiger partial charge on any atom is -0.334 e. The molecule has 0 aliphatic carbocycles. The van der Waals surface area contributed by atoms with Crippen molar-refractivity contribution in [2.24, 2.45) is 11.8 Å². The molecule has 2 aromatic heterocycles. The van der Waals surface area contributed by atoms with Crippen LogP contribution in [0.1, 0.15) is 25.8 Å². The summed E-state index contributed by atoms with van der Waals surface area (Å²) >= 11 is 0. The van der Waals surface area contributed by atoms with Gasteiger partial charge in [-0.2, -0.15) is 5.10 Å². The van der Waals surface area contributed by atoms with Gasteiger partial charge < -0.3 is 10.2 Å². The second kappa shape index (κ2) is 6.81. The Bertz CT molecular complexity index is 645. The summed E-state index contributed by atoms with van der Waals surface area (Å²) in [5.41, 5.74) is 1.01. The highest BCUT2D eigenvalue weighted by Gasteiger charge is 2.25. The van der Waals surface area contributed by atoms with Gasteiger partial charge in [0.05, 0.1) is 0 Å². The van der Waals surface area contributed by atoms with Crippen molar-refractivity contribution in [1.29, 1.82) is 0 Å². The minimum atomic E-state index is 0.0147. The highest BCUT2D eigenvalue weighted by Crippen LogP contribution is 2.20. The van der Waals surface area contributed by atoms with E-state index in [2.05, 4.69) is 29.2 Å². The first kappa shape index (κ1) is 15.5. The van der Waals surface area contributed by atoms with Crippen LogP contribution >= 0.6 is 0 Å². The molecule has 122 valence electrons. The van der Waals surface area contributed by atoms with Crippen molar-refractivity contribution in [2.45, 2.75) is 26.8 Å². The number of pyridine rings is 1. The van der Waals surface area contributed by atoms with E-state index in [9.17, 15) is 4.79 Å². The first-order valence-corrected chi connectivity index (χ1v) is 8.09. The van der Waals surface area contributed by atoms with Crippen molar-refractivity contribution in [1.82, 2.24) is 25.0 Å². The highest BCUT2D eigenvalue weighted by atomic mass is 16.2. The van der Waals surface area contributed by atoms with Gasteiger partial charge in [0.25, 0.3) is 0 Å². The van der Waals surface area contributed by atoms with Crippen molar-refractivity contribution >= 4 is 6.03 Å². The normalized spacial score (nSPS) is 21.2. The molecule has 3 heterocycles. The Morgan fingerprint density at radius 1 is 1.30 bits per heavy atom. The number of urea groups is 1. The van der Waals surface area contributed by atoms with Crippen molar-refractivity contribution in [3.8, 4) is 5.82 Å². The average molecular weight is 313 g/mol. The number of piperidine rings is 1. The average Bonchev–Trinajstić information content (AvgIpc) is 3.06. The van der Waals surface area contributed by atoms with Crippen LogP contribution in [0.5, 0.6) is 0 Å². The van der Waals surface area contributed by atoms with Gasteiger partial charge in [-0.1, -0.05) is 13.8 Å². The highest BCUT2D eigenvalue weighted by molar-refractivity contribution is 5.74.